The Balaban J connectivity index is 2.78. The van der Waals surface area contributed by atoms with Gasteiger partial charge >= 0.3 is 0 Å². The van der Waals surface area contributed by atoms with Crippen molar-refractivity contribution in [3.63, 3.8) is 0 Å². The van der Waals surface area contributed by atoms with Gasteiger partial charge in [-0.15, -0.1) is 30.1 Å². The summed E-state index contributed by atoms with van der Waals surface area (Å²) in [6.07, 6.45) is 4.69. The fourth-order valence-corrected chi connectivity index (χ4v) is 9.18. The van der Waals surface area contributed by atoms with Crippen LogP contribution in [0, 0.1) is 0 Å². The van der Waals surface area contributed by atoms with Crippen LogP contribution >= 0.6 is 23.5 Å². The first-order valence-corrected chi connectivity index (χ1v) is 10.4. The average Bonchev–Trinajstić information content (AvgIpc) is 2.04. The molecule has 0 spiro atoms. The molecule has 1 heterocycles. The summed E-state index contributed by atoms with van der Waals surface area (Å²) in [5.74, 6) is 2.70. The first-order valence-electron chi connectivity index (χ1n) is 4.91. The molecule has 0 saturated carbocycles. The highest BCUT2D eigenvalue weighted by Gasteiger charge is 2.44. The lowest BCUT2D eigenvalue weighted by Crippen LogP contribution is -2.48. The molecule has 3 heteroatoms. The molecule has 0 aromatic heterocycles. The smallest absolute Gasteiger partial charge is 0.0756 e. The van der Waals surface area contributed by atoms with Crippen LogP contribution in [0.1, 0.15) is 12.8 Å². The summed E-state index contributed by atoms with van der Waals surface area (Å²) in [5.41, 5.74) is 0. The Morgan fingerprint density at radius 3 is 2.23 bits per heavy atom. The van der Waals surface area contributed by atoms with Crippen LogP contribution in [0.25, 0.3) is 0 Å². The molecule has 0 N–H and O–H groups in total. The third-order valence-corrected chi connectivity index (χ3v) is 12.5. The van der Waals surface area contributed by atoms with Gasteiger partial charge in [-0.25, -0.2) is 0 Å². The molecule has 0 unspecified atom stereocenters. The quantitative estimate of drug-likeness (QED) is 0.533. The number of allylic oxidation sites excluding steroid dienone is 1. The Hall–Kier alpha value is 0.657. The second-order valence-electron chi connectivity index (χ2n) is 4.55. The minimum absolute atomic E-state index is 0.521. The fraction of sp³-hybridized carbons (Fsp3) is 0.800. The van der Waals surface area contributed by atoms with E-state index in [0.717, 1.165) is 0 Å². The van der Waals surface area contributed by atoms with E-state index in [1.807, 2.05) is 0 Å². The van der Waals surface area contributed by atoms with E-state index in [9.17, 15) is 0 Å². The van der Waals surface area contributed by atoms with Gasteiger partial charge in [0.25, 0.3) is 0 Å². The summed E-state index contributed by atoms with van der Waals surface area (Å²) in [4.78, 5) is 0. The number of rotatable bonds is 3. The Labute approximate surface area is 92.0 Å². The van der Waals surface area contributed by atoms with Crippen molar-refractivity contribution in [1.29, 1.82) is 0 Å². The molecule has 0 aliphatic carbocycles. The highest BCUT2D eigenvalue weighted by atomic mass is 32.2. The van der Waals surface area contributed by atoms with E-state index >= 15 is 0 Å². The summed E-state index contributed by atoms with van der Waals surface area (Å²) in [6, 6.07) is 0. The van der Waals surface area contributed by atoms with Crippen molar-refractivity contribution in [2.45, 2.75) is 36.2 Å². The third-order valence-electron chi connectivity index (χ3n) is 2.51. The van der Waals surface area contributed by atoms with Crippen LogP contribution in [0.15, 0.2) is 12.7 Å². The van der Waals surface area contributed by atoms with Crippen molar-refractivity contribution in [3.05, 3.63) is 12.7 Å². The molecule has 1 fully saturated rings. The molecule has 1 aliphatic rings. The van der Waals surface area contributed by atoms with Crippen molar-refractivity contribution < 1.29 is 0 Å². The van der Waals surface area contributed by atoms with Gasteiger partial charge in [-0.2, -0.15) is 0 Å². The zero-order chi connectivity index (χ0) is 9.95. The molecule has 76 valence electrons. The molecule has 0 nitrogen and oxygen atoms in total. The topological polar surface area (TPSA) is 0 Å². The molecule has 1 rings (SSSR count). The van der Waals surface area contributed by atoms with Crippen molar-refractivity contribution in [2.75, 3.05) is 11.5 Å². The van der Waals surface area contributed by atoms with Crippen molar-refractivity contribution in [3.8, 4) is 0 Å². The number of thioether (sulfide) groups is 2. The second-order valence-corrected chi connectivity index (χ2v) is 13.7. The molecule has 1 aliphatic heterocycles. The summed E-state index contributed by atoms with van der Waals surface area (Å²) in [7, 11) is -1.07. The second kappa shape index (κ2) is 4.45. The van der Waals surface area contributed by atoms with Gasteiger partial charge in [0, 0.05) is 0 Å². The van der Waals surface area contributed by atoms with Gasteiger partial charge in [0.2, 0.25) is 0 Å². The third kappa shape index (κ3) is 2.57. The van der Waals surface area contributed by atoms with Gasteiger partial charge in [-0.1, -0.05) is 25.7 Å². The van der Waals surface area contributed by atoms with Gasteiger partial charge < -0.3 is 0 Å². The minimum atomic E-state index is -1.07. The molecule has 1 saturated heterocycles. The van der Waals surface area contributed by atoms with Crippen molar-refractivity contribution in [1.82, 2.24) is 0 Å². The molecular weight excluding hydrogens is 212 g/mol. The first kappa shape index (κ1) is 11.7. The van der Waals surface area contributed by atoms with Crippen LogP contribution in [-0.2, 0) is 0 Å². The van der Waals surface area contributed by atoms with Crippen LogP contribution in [0.3, 0.4) is 0 Å². The zero-order valence-corrected chi connectivity index (χ0v) is 11.6. The Bertz CT molecular complexity index is 178. The number of hydrogen-bond acceptors (Lipinski definition) is 2. The first-order chi connectivity index (χ1) is 6.02. The monoisotopic (exact) mass is 232 g/mol. The Morgan fingerprint density at radius 2 is 1.85 bits per heavy atom. The predicted molar refractivity (Wildman–Crippen MR) is 70.4 cm³/mol. The van der Waals surface area contributed by atoms with E-state index in [-0.39, 0.29) is 0 Å². The molecule has 13 heavy (non-hydrogen) atoms. The molecule has 0 radical (unpaired) electrons. The summed E-state index contributed by atoms with van der Waals surface area (Å²) >= 11 is 4.39. The average molecular weight is 232 g/mol. The summed E-state index contributed by atoms with van der Waals surface area (Å²) < 4.78 is 0.521. The van der Waals surface area contributed by atoms with Crippen LogP contribution < -0.4 is 0 Å². The van der Waals surface area contributed by atoms with E-state index in [1.54, 1.807) is 0 Å². The van der Waals surface area contributed by atoms with Crippen LogP contribution in [0.4, 0.5) is 0 Å². The van der Waals surface area contributed by atoms with E-state index in [4.69, 9.17) is 0 Å². The van der Waals surface area contributed by atoms with E-state index in [1.165, 1.54) is 24.3 Å². The molecule has 0 bridgehead atoms. The van der Waals surface area contributed by atoms with Gasteiger partial charge in [0.1, 0.15) is 0 Å². The highest BCUT2D eigenvalue weighted by Crippen LogP contribution is 2.50. The van der Waals surface area contributed by atoms with Crippen LogP contribution in [-0.4, -0.2) is 23.3 Å². The highest BCUT2D eigenvalue weighted by molar-refractivity contribution is 8.21. The van der Waals surface area contributed by atoms with E-state index in [2.05, 4.69) is 55.8 Å². The predicted octanol–water partition coefficient (Wildman–Crippen LogP) is 4.01. The van der Waals surface area contributed by atoms with Crippen LogP contribution in [0.5, 0.6) is 0 Å². The molecule has 0 aromatic rings. The molecule has 0 amide bonds. The van der Waals surface area contributed by atoms with E-state index < -0.39 is 8.07 Å². The maximum atomic E-state index is 3.91. The van der Waals surface area contributed by atoms with Gasteiger partial charge in [-0.05, 0) is 24.3 Å². The summed E-state index contributed by atoms with van der Waals surface area (Å²) in [5, 5.41) is 0. The van der Waals surface area contributed by atoms with Crippen molar-refractivity contribution >= 4 is 31.6 Å². The molecule has 0 atom stereocenters. The molecular formula is C10H20S2Si. The Kier molecular flexibility index (Phi) is 4.02. The lowest BCUT2D eigenvalue weighted by molar-refractivity contribution is 0.998. The maximum absolute atomic E-state index is 3.91. The van der Waals surface area contributed by atoms with Gasteiger partial charge in [0.15, 0.2) is 0 Å². The largest absolute Gasteiger partial charge is 0.147 e. The van der Waals surface area contributed by atoms with E-state index in [0.29, 0.717) is 3.70 Å². The SMILES string of the molecule is C=CCC1([Si](C)(C)C)SCCCS1. The fourth-order valence-electron chi connectivity index (χ4n) is 1.62. The normalized spacial score (nSPS) is 22.7. The minimum Gasteiger partial charge on any atom is -0.147 e. The lowest BCUT2D eigenvalue weighted by atomic mass is 10.5. The molecule has 0 aromatic carbocycles. The Morgan fingerprint density at radius 1 is 1.31 bits per heavy atom. The van der Waals surface area contributed by atoms with Gasteiger partial charge in [0.05, 0.1) is 11.8 Å². The zero-order valence-electron chi connectivity index (χ0n) is 8.93. The van der Waals surface area contributed by atoms with Gasteiger partial charge in [-0.3, -0.25) is 0 Å². The van der Waals surface area contributed by atoms with Crippen LogP contribution in [0.2, 0.25) is 19.6 Å². The maximum Gasteiger partial charge on any atom is 0.0756 e. The van der Waals surface area contributed by atoms with Crippen molar-refractivity contribution in [2.24, 2.45) is 0 Å². The summed E-state index contributed by atoms with van der Waals surface area (Å²) in [6.45, 7) is 11.4. The lowest BCUT2D eigenvalue weighted by Gasteiger charge is -2.44. The number of hydrogen-bond donors (Lipinski definition) is 0. The standard InChI is InChI=1S/C10H20S2Si/c1-5-7-10(13(2,3)4)11-8-6-9-12-10/h5H,1,6-9H2,2-4H3.